The van der Waals surface area contributed by atoms with Crippen LogP contribution in [0.2, 0.25) is 0 Å². The molecule has 4 N–H and O–H groups in total. The van der Waals surface area contributed by atoms with Crippen molar-refractivity contribution in [3.63, 3.8) is 0 Å². The van der Waals surface area contributed by atoms with E-state index >= 15 is 0 Å². The van der Waals surface area contributed by atoms with E-state index < -0.39 is 36.3 Å². The van der Waals surface area contributed by atoms with Crippen LogP contribution < -0.4 is 10.6 Å². The van der Waals surface area contributed by atoms with Gasteiger partial charge in [-0.05, 0) is 24.6 Å². The van der Waals surface area contributed by atoms with Crippen LogP contribution in [0.3, 0.4) is 0 Å². The van der Waals surface area contributed by atoms with Crippen molar-refractivity contribution < 1.29 is 23.4 Å². The molecule has 3 aromatic rings. The average molecular weight is 433 g/mol. The minimum Gasteiger partial charge on any atom is -0.394 e. The molecule has 3 rings (SSSR count). The maximum Gasteiger partial charge on any atom is 0.421 e. The molecular formula is C21H22F3N5O2. The van der Waals surface area contributed by atoms with Crippen LogP contribution in [0.25, 0.3) is 11.3 Å². The summed E-state index contributed by atoms with van der Waals surface area (Å²) in [5.74, 6) is -0.540. The molecule has 31 heavy (non-hydrogen) atoms. The molecule has 2 heterocycles. The Morgan fingerprint density at radius 2 is 1.81 bits per heavy atom. The molecular weight excluding hydrogens is 411 g/mol. The van der Waals surface area contributed by atoms with Crippen molar-refractivity contribution in [2.75, 3.05) is 17.2 Å². The Morgan fingerprint density at radius 3 is 2.39 bits per heavy atom. The molecule has 1 aromatic carbocycles. The number of benzene rings is 1. The van der Waals surface area contributed by atoms with Gasteiger partial charge in [0.2, 0.25) is 5.95 Å². The summed E-state index contributed by atoms with van der Waals surface area (Å²) < 4.78 is 39.9. The number of aromatic nitrogens is 3. The van der Waals surface area contributed by atoms with Gasteiger partial charge in [0, 0.05) is 24.5 Å². The topological polar surface area (TPSA) is 103 Å². The highest BCUT2D eigenvalue weighted by atomic mass is 19.4. The zero-order valence-electron chi connectivity index (χ0n) is 16.6. The van der Waals surface area contributed by atoms with Gasteiger partial charge in [0.15, 0.2) is 0 Å². The van der Waals surface area contributed by atoms with Crippen LogP contribution >= 0.6 is 0 Å². The second-order valence-corrected chi connectivity index (χ2v) is 6.89. The molecule has 0 radical (unpaired) electrons. The number of nitrogens with one attached hydrogen (secondary N) is 2. The lowest BCUT2D eigenvalue weighted by molar-refractivity contribution is -0.137. The third kappa shape index (κ3) is 5.89. The number of pyridine rings is 1. The molecule has 0 amide bonds. The first-order valence-electron chi connectivity index (χ1n) is 9.52. The number of alkyl halides is 3. The highest BCUT2D eigenvalue weighted by Gasteiger charge is 2.36. The van der Waals surface area contributed by atoms with Crippen molar-refractivity contribution in [3.05, 3.63) is 66.0 Å². The Morgan fingerprint density at radius 1 is 1.06 bits per heavy atom. The zero-order chi connectivity index (χ0) is 22.4. The molecule has 2 atom stereocenters. The minimum absolute atomic E-state index is 0.0217. The normalized spacial score (nSPS) is 13.5. The van der Waals surface area contributed by atoms with E-state index in [1.165, 1.54) is 6.92 Å². The lowest BCUT2D eigenvalue weighted by Gasteiger charge is -2.22. The fraction of sp³-hybridized carbons (Fsp3) is 0.286. The summed E-state index contributed by atoms with van der Waals surface area (Å²) in [6.07, 6.45) is -3.41. The molecule has 0 aliphatic carbocycles. The second-order valence-electron chi connectivity index (χ2n) is 6.89. The minimum atomic E-state index is -4.69. The summed E-state index contributed by atoms with van der Waals surface area (Å²) in [6, 6.07) is 12.1. The van der Waals surface area contributed by atoms with Gasteiger partial charge in [-0.3, -0.25) is 4.98 Å². The van der Waals surface area contributed by atoms with Crippen molar-refractivity contribution in [2.24, 2.45) is 0 Å². The van der Waals surface area contributed by atoms with E-state index in [0.29, 0.717) is 6.20 Å². The smallest absolute Gasteiger partial charge is 0.394 e. The summed E-state index contributed by atoms with van der Waals surface area (Å²) in [6.45, 7) is 1.08. The first kappa shape index (κ1) is 22.4. The first-order chi connectivity index (χ1) is 14.8. The van der Waals surface area contributed by atoms with Gasteiger partial charge < -0.3 is 20.8 Å². The molecule has 7 nitrogen and oxygen atoms in total. The molecule has 0 aliphatic rings. The van der Waals surface area contributed by atoms with Crippen LogP contribution in [-0.4, -0.2) is 43.9 Å². The van der Waals surface area contributed by atoms with E-state index in [9.17, 15) is 23.4 Å². The molecule has 0 bridgehead atoms. The van der Waals surface area contributed by atoms with Crippen molar-refractivity contribution in [2.45, 2.75) is 31.8 Å². The van der Waals surface area contributed by atoms with Crippen LogP contribution in [0.1, 0.15) is 18.1 Å². The summed E-state index contributed by atoms with van der Waals surface area (Å²) >= 11 is 0. The van der Waals surface area contributed by atoms with Crippen LogP contribution in [0.15, 0.2) is 54.9 Å². The first-order valence-corrected chi connectivity index (χ1v) is 9.52. The molecule has 0 fully saturated rings. The molecule has 0 unspecified atom stereocenters. The number of nitrogens with zero attached hydrogens (tertiary/aromatic N) is 3. The van der Waals surface area contributed by atoms with Crippen molar-refractivity contribution in [1.29, 1.82) is 0 Å². The lowest BCUT2D eigenvalue weighted by atomic mass is 10.1. The number of halogens is 3. The van der Waals surface area contributed by atoms with Crippen LogP contribution in [0.4, 0.5) is 24.9 Å². The van der Waals surface area contributed by atoms with Crippen LogP contribution in [-0.2, 0) is 12.7 Å². The standard InChI is InChI=1S/C21H22F3N5O2/c1-13(31)18(12-30)28-19-16(21(22,23)24)11-27-20(29-19)26-10-14-5-7-15(8-6-14)17-4-2-3-9-25-17/h2-9,11,13,18,30-31H,10,12H2,1H3,(H2,26,27,28,29)/t13-,18+/m0/s1. The summed E-state index contributed by atoms with van der Waals surface area (Å²) in [5, 5.41) is 24.3. The summed E-state index contributed by atoms with van der Waals surface area (Å²) in [4.78, 5) is 11.9. The molecule has 0 saturated carbocycles. The van der Waals surface area contributed by atoms with Crippen LogP contribution in [0, 0.1) is 0 Å². The fourth-order valence-electron chi connectivity index (χ4n) is 2.79. The van der Waals surface area contributed by atoms with Gasteiger partial charge in [-0.25, -0.2) is 4.98 Å². The van der Waals surface area contributed by atoms with Crippen molar-refractivity contribution in [3.8, 4) is 11.3 Å². The average Bonchev–Trinajstić information content (AvgIpc) is 2.76. The number of aliphatic hydroxyl groups excluding tert-OH is 2. The summed E-state index contributed by atoms with van der Waals surface area (Å²) in [7, 11) is 0. The molecule has 0 aliphatic heterocycles. The highest BCUT2D eigenvalue weighted by molar-refractivity contribution is 5.59. The number of hydrogen-bond donors (Lipinski definition) is 4. The van der Waals surface area contributed by atoms with Gasteiger partial charge >= 0.3 is 6.18 Å². The van der Waals surface area contributed by atoms with E-state index in [1.54, 1.807) is 6.20 Å². The van der Waals surface area contributed by atoms with Crippen LogP contribution in [0.5, 0.6) is 0 Å². The molecule has 164 valence electrons. The third-order valence-electron chi connectivity index (χ3n) is 4.56. The van der Waals surface area contributed by atoms with Crippen molar-refractivity contribution >= 4 is 11.8 Å². The van der Waals surface area contributed by atoms with E-state index in [0.717, 1.165) is 16.8 Å². The molecule has 0 saturated heterocycles. The van der Waals surface area contributed by atoms with E-state index in [2.05, 4.69) is 25.6 Å². The highest BCUT2D eigenvalue weighted by Crippen LogP contribution is 2.34. The number of anilines is 2. The Labute approximate surface area is 177 Å². The summed E-state index contributed by atoms with van der Waals surface area (Å²) in [5.41, 5.74) is 1.56. The van der Waals surface area contributed by atoms with Gasteiger partial charge in [0.1, 0.15) is 11.4 Å². The Hall–Kier alpha value is -3.24. The van der Waals surface area contributed by atoms with Gasteiger partial charge in [0.05, 0.1) is 24.4 Å². The Balaban J connectivity index is 1.74. The zero-order valence-corrected chi connectivity index (χ0v) is 16.6. The second kappa shape index (κ2) is 9.71. The largest absolute Gasteiger partial charge is 0.421 e. The van der Waals surface area contributed by atoms with Gasteiger partial charge in [0.25, 0.3) is 0 Å². The number of rotatable bonds is 8. The monoisotopic (exact) mass is 433 g/mol. The predicted molar refractivity (Wildman–Crippen MR) is 110 cm³/mol. The number of aliphatic hydroxyl groups is 2. The lowest BCUT2D eigenvalue weighted by Crippen LogP contribution is -2.36. The maximum atomic E-state index is 13.3. The molecule has 10 heteroatoms. The van der Waals surface area contributed by atoms with Gasteiger partial charge in [-0.15, -0.1) is 0 Å². The van der Waals surface area contributed by atoms with E-state index in [4.69, 9.17) is 0 Å². The molecule has 2 aromatic heterocycles. The van der Waals surface area contributed by atoms with E-state index in [-0.39, 0.29) is 12.5 Å². The third-order valence-corrected chi connectivity index (χ3v) is 4.56. The SMILES string of the molecule is C[C@H](O)[C@@H](CO)Nc1nc(NCc2ccc(-c3ccccn3)cc2)ncc1C(F)(F)F. The van der Waals surface area contributed by atoms with Gasteiger partial charge in [-0.2, -0.15) is 18.2 Å². The Bertz CT molecular complexity index is 983. The van der Waals surface area contributed by atoms with E-state index in [1.807, 2.05) is 42.5 Å². The van der Waals surface area contributed by atoms with Crippen molar-refractivity contribution in [1.82, 2.24) is 15.0 Å². The Kier molecular flexibility index (Phi) is 7.03. The maximum absolute atomic E-state index is 13.3. The number of hydrogen-bond acceptors (Lipinski definition) is 7. The molecule has 0 spiro atoms. The predicted octanol–water partition coefficient (Wildman–Crippen LogP) is 3.32. The quantitative estimate of drug-likeness (QED) is 0.432. The van der Waals surface area contributed by atoms with Gasteiger partial charge in [-0.1, -0.05) is 30.3 Å². The fourth-order valence-corrected chi connectivity index (χ4v) is 2.79.